The lowest BCUT2D eigenvalue weighted by molar-refractivity contribution is 0.0871. The summed E-state index contributed by atoms with van der Waals surface area (Å²) in [7, 11) is 0. The molecule has 0 saturated heterocycles. The minimum Gasteiger partial charge on any atom is -0.478 e. The molecular formula is C26H20BrNO5. The van der Waals surface area contributed by atoms with Gasteiger partial charge >= 0.3 is 0 Å². The standard InChI is InChI=1S/C26H20BrNO5/c1-15-7-21-19(12-28(13-30-21)11-17-5-6-20-22(10-17)32-14-31-20)26-24(15)25(29)23(33-26)9-16-3-2-4-18(27)8-16/h2-10H,11-14H2,1H3/b23-9-. The second-order valence-electron chi connectivity index (χ2n) is 8.32. The van der Waals surface area contributed by atoms with Crippen LogP contribution in [0.1, 0.15) is 32.6 Å². The highest BCUT2D eigenvalue weighted by Crippen LogP contribution is 2.44. The van der Waals surface area contributed by atoms with Gasteiger partial charge in [-0.1, -0.05) is 34.1 Å². The number of benzene rings is 3. The van der Waals surface area contributed by atoms with Crippen molar-refractivity contribution in [2.45, 2.75) is 20.0 Å². The fraction of sp³-hybridized carbons (Fsp3) is 0.192. The number of allylic oxidation sites excluding steroid dienone is 1. The van der Waals surface area contributed by atoms with E-state index in [0.29, 0.717) is 36.9 Å². The first kappa shape index (κ1) is 20.3. The van der Waals surface area contributed by atoms with E-state index in [-0.39, 0.29) is 12.6 Å². The van der Waals surface area contributed by atoms with Crippen LogP contribution in [0.15, 0.2) is 58.8 Å². The van der Waals surface area contributed by atoms with Crippen molar-refractivity contribution in [2.24, 2.45) is 0 Å². The van der Waals surface area contributed by atoms with Gasteiger partial charge in [0.15, 0.2) is 17.3 Å². The minimum atomic E-state index is -0.0989. The van der Waals surface area contributed by atoms with Crippen molar-refractivity contribution < 1.29 is 23.7 Å². The van der Waals surface area contributed by atoms with E-state index in [2.05, 4.69) is 20.8 Å². The molecular weight excluding hydrogens is 486 g/mol. The van der Waals surface area contributed by atoms with Crippen LogP contribution in [0.4, 0.5) is 0 Å². The molecule has 0 fully saturated rings. The summed E-state index contributed by atoms with van der Waals surface area (Å²) < 4.78 is 24.1. The van der Waals surface area contributed by atoms with Crippen LogP contribution in [0.2, 0.25) is 0 Å². The van der Waals surface area contributed by atoms with E-state index >= 15 is 0 Å². The van der Waals surface area contributed by atoms with Crippen molar-refractivity contribution >= 4 is 27.8 Å². The average molecular weight is 506 g/mol. The molecule has 0 atom stereocenters. The summed E-state index contributed by atoms with van der Waals surface area (Å²) in [5.74, 6) is 3.13. The van der Waals surface area contributed by atoms with E-state index in [1.807, 2.05) is 55.5 Å². The maximum atomic E-state index is 13.2. The zero-order chi connectivity index (χ0) is 22.5. The monoisotopic (exact) mass is 505 g/mol. The molecule has 3 aromatic rings. The van der Waals surface area contributed by atoms with E-state index in [1.165, 1.54) is 0 Å². The molecule has 0 unspecified atom stereocenters. The van der Waals surface area contributed by atoms with Gasteiger partial charge in [0.1, 0.15) is 18.2 Å². The van der Waals surface area contributed by atoms with Crippen molar-refractivity contribution in [1.82, 2.24) is 4.90 Å². The van der Waals surface area contributed by atoms with Gasteiger partial charge < -0.3 is 18.9 Å². The molecule has 33 heavy (non-hydrogen) atoms. The number of ether oxygens (including phenoxy) is 4. The smallest absolute Gasteiger partial charge is 0.232 e. The van der Waals surface area contributed by atoms with E-state index in [1.54, 1.807) is 6.08 Å². The number of hydrogen-bond donors (Lipinski definition) is 0. The van der Waals surface area contributed by atoms with E-state index in [9.17, 15) is 4.79 Å². The number of carbonyl (C=O) groups is 1. The number of ketones is 1. The number of aryl methyl sites for hydroxylation is 1. The molecule has 0 spiro atoms. The van der Waals surface area contributed by atoms with Crippen LogP contribution >= 0.6 is 15.9 Å². The van der Waals surface area contributed by atoms with Gasteiger partial charge in [0, 0.05) is 17.6 Å². The fourth-order valence-corrected chi connectivity index (χ4v) is 4.84. The second-order valence-corrected chi connectivity index (χ2v) is 9.23. The van der Waals surface area contributed by atoms with Gasteiger partial charge in [-0.3, -0.25) is 9.69 Å². The van der Waals surface area contributed by atoms with Crippen molar-refractivity contribution in [3.05, 3.63) is 86.6 Å². The molecule has 7 heteroatoms. The molecule has 3 heterocycles. The van der Waals surface area contributed by atoms with Crippen molar-refractivity contribution in [3.63, 3.8) is 0 Å². The Hall–Kier alpha value is -3.29. The Morgan fingerprint density at radius 2 is 1.91 bits per heavy atom. The zero-order valence-electron chi connectivity index (χ0n) is 17.9. The van der Waals surface area contributed by atoms with Gasteiger partial charge in [-0.05, 0) is 60.0 Å². The number of nitrogens with zero attached hydrogens (tertiary/aromatic N) is 1. The third kappa shape index (κ3) is 3.67. The van der Waals surface area contributed by atoms with Gasteiger partial charge in [0.05, 0.1) is 11.1 Å². The van der Waals surface area contributed by atoms with Gasteiger partial charge in [-0.25, -0.2) is 0 Å². The maximum absolute atomic E-state index is 13.2. The maximum Gasteiger partial charge on any atom is 0.232 e. The van der Waals surface area contributed by atoms with Gasteiger partial charge in [-0.15, -0.1) is 0 Å². The highest BCUT2D eigenvalue weighted by molar-refractivity contribution is 9.10. The van der Waals surface area contributed by atoms with Gasteiger partial charge in [0.2, 0.25) is 12.6 Å². The molecule has 0 aromatic heterocycles. The minimum absolute atomic E-state index is 0.0989. The summed E-state index contributed by atoms with van der Waals surface area (Å²) in [5.41, 5.74) is 4.36. The summed E-state index contributed by atoms with van der Waals surface area (Å²) in [6, 6.07) is 15.7. The molecule has 6 rings (SSSR count). The third-order valence-electron chi connectivity index (χ3n) is 5.98. The summed E-state index contributed by atoms with van der Waals surface area (Å²) in [6.45, 7) is 3.92. The SMILES string of the molecule is Cc1cc2c(c3c1C(=O)/C(=C/c1cccc(Br)c1)O3)CN(Cc1ccc3c(c1)OCO3)CO2. The topological polar surface area (TPSA) is 57.2 Å². The van der Waals surface area contributed by atoms with Crippen LogP contribution in [0.3, 0.4) is 0 Å². The van der Waals surface area contributed by atoms with E-state index < -0.39 is 0 Å². The third-order valence-corrected chi connectivity index (χ3v) is 6.47. The lowest BCUT2D eigenvalue weighted by Gasteiger charge is -2.30. The molecule has 3 aliphatic rings. The Balaban J connectivity index is 1.29. The fourth-order valence-electron chi connectivity index (χ4n) is 4.42. The van der Waals surface area contributed by atoms with Crippen molar-refractivity contribution in [2.75, 3.05) is 13.5 Å². The van der Waals surface area contributed by atoms with Crippen LogP contribution in [0.5, 0.6) is 23.0 Å². The van der Waals surface area contributed by atoms with Crippen LogP contribution in [-0.2, 0) is 13.1 Å². The molecule has 0 bridgehead atoms. The average Bonchev–Trinajstić information content (AvgIpc) is 3.39. The zero-order valence-corrected chi connectivity index (χ0v) is 19.5. The first-order valence-electron chi connectivity index (χ1n) is 10.6. The van der Waals surface area contributed by atoms with Crippen molar-refractivity contribution in [3.8, 4) is 23.0 Å². The number of hydrogen-bond acceptors (Lipinski definition) is 6. The first-order valence-corrected chi connectivity index (χ1v) is 11.4. The molecule has 6 nitrogen and oxygen atoms in total. The molecule has 0 N–H and O–H groups in total. The predicted octanol–water partition coefficient (Wildman–Crippen LogP) is 5.45. The first-order chi connectivity index (χ1) is 16.0. The lowest BCUT2D eigenvalue weighted by Crippen LogP contribution is -2.31. The van der Waals surface area contributed by atoms with E-state index in [0.717, 1.165) is 44.0 Å². The Morgan fingerprint density at radius 3 is 2.79 bits per heavy atom. The van der Waals surface area contributed by atoms with Gasteiger partial charge in [-0.2, -0.15) is 0 Å². The molecule has 0 radical (unpaired) electrons. The molecule has 3 aliphatic heterocycles. The number of rotatable bonds is 3. The molecule has 166 valence electrons. The van der Waals surface area contributed by atoms with Crippen LogP contribution in [-0.4, -0.2) is 24.2 Å². The predicted molar refractivity (Wildman–Crippen MR) is 126 cm³/mol. The van der Waals surface area contributed by atoms with Gasteiger partial charge in [0.25, 0.3) is 0 Å². The Morgan fingerprint density at radius 1 is 1.03 bits per heavy atom. The summed E-state index contributed by atoms with van der Waals surface area (Å²) >= 11 is 3.47. The largest absolute Gasteiger partial charge is 0.478 e. The van der Waals surface area contributed by atoms with Crippen LogP contribution in [0, 0.1) is 6.92 Å². The Bertz CT molecular complexity index is 1330. The molecule has 0 amide bonds. The highest BCUT2D eigenvalue weighted by Gasteiger charge is 2.35. The Kier molecular flexibility index (Phi) is 4.89. The van der Waals surface area contributed by atoms with Crippen LogP contribution in [0.25, 0.3) is 6.08 Å². The lowest BCUT2D eigenvalue weighted by atomic mass is 9.98. The number of carbonyl (C=O) groups excluding carboxylic acids is 1. The second kappa shape index (κ2) is 7.93. The van der Waals surface area contributed by atoms with E-state index in [4.69, 9.17) is 18.9 Å². The normalized spacial score (nSPS) is 17.5. The number of Topliss-reactive ketones (excluding diaryl/α,β-unsaturated/α-hetero) is 1. The summed E-state index contributed by atoms with van der Waals surface area (Å²) in [5, 5.41) is 0. The molecule has 0 saturated carbocycles. The van der Waals surface area contributed by atoms with Crippen LogP contribution < -0.4 is 18.9 Å². The summed E-state index contributed by atoms with van der Waals surface area (Å²) in [4.78, 5) is 15.4. The quantitative estimate of drug-likeness (QED) is 0.441. The molecule has 3 aromatic carbocycles. The molecule has 0 aliphatic carbocycles. The highest BCUT2D eigenvalue weighted by atomic mass is 79.9. The van der Waals surface area contributed by atoms with Crippen molar-refractivity contribution in [1.29, 1.82) is 0 Å². The number of halogens is 1. The summed E-state index contributed by atoms with van der Waals surface area (Å²) in [6.07, 6.45) is 1.78. The number of fused-ring (bicyclic) bond motifs is 4. The Labute approximate surface area is 199 Å².